The van der Waals surface area contributed by atoms with Gasteiger partial charge in [-0.1, -0.05) is 65.9 Å². The molecule has 4 aromatic rings. The van der Waals surface area contributed by atoms with Gasteiger partial charge in [0.15, 0.2) is 5.21 Å². The van der Waals surface area contributed by atoms with Crippen LogP contribution in [0.2, 0.25) is 0 Å². The van der Waals surface area contributed by atoms with Crippen molar-refractivity contribution in [2.75, 3.05) is 11.5 Å². The first-order valence-corrected chi connectivity index (χ1v) is 14.0. The van der Waals surface area contributed by atoms with Gasteiger partial charge < -0.3 is 0 Å². The van der Waals surface area contributed by atoms with Crippen molar-refractivity contribution in [1.29, 1.82) is 0 Å². The third-order valence-corrected chi connectivity index (χ3v) is 8.61. The molecule has 0 bridgehead atoms. The Morgan fingerprint density at radius 2 is 1.50 bits per heavy atom. The molecule has 2 aromatic carbocycles. The minimum Gasteiger partial charge on any atom is -0.260 e. The van der Waals surface area contributed by atoms with Gasteiger partial charge in [0.25, 0.3) is 6.33 Å². The number of aromatic nitrogens is 8. The molecule has 0 aliphatic heterocycles. The van der Waals surface area contributed by atoms with Gasteiger partial charge in [0.2, 0.25) is 0 Å². The van der Waals surface area contributed by atoms with E-state index >= 15 is 0 Å². The van der Waals surface area contributed by atoms with Crippen LogP contribution in [0.15, 0.2) is 73.3 Å². The molecule has 190 valence electrons. The van der Waals surface area contributed by atoms with Crippen molar-refractivity contribution in [3.05, 3.63) is 84.4 Å². The Balaban J connectivity index is 1.24. The lowest BCUT2D eigenvalue weighted by Gasteiger charge is -2.29. The fourth-order valence-corrected chi connectivity index (χ4v) is 6.01. The smallest absolute Gasteiger partial charge is 0.260 e. The molecule has 0 radical (unpaired) electrons. The summed E-state index contributed by atoms with van der Waals surface area (Å²) < 4.78 is 16.5. The van der Waals surface area contributed by atoms with Gasteiger partial charge in [0.1, 0.15) is 17.0 Å². The summed E-state index contributed by atoms with van der Waals surface area (Å²) in [6, 6.07) is 20.7. The molecule has 3 unspecified atom stereocenters. The van der Waals surface area contributed by atoms with Crippen molar-refractivity contribution < 1.29 is 8.89 Å². The zero-order valence-corrected chi connectivity index (χ0v) is 21.8. The fraction of sp³-hybridized carbons (Fsp3) is 0.462. The Hall–Kier alpha value is -3.27. The molecular formula is C26H35N8OS+. The SMILES string of the molecule is CC(CCCCS(=O)CCCCC(C)(c1ccccc1)[n+]1cnn[nH]1)(c1ccccc1)n1cnnn1. The highest BCUT2D eigenvalue weighted by Crippen LogP contribution is 2.30. The minimum absolute atomic E-state index is 0.273. The van der Waals surface area contributed by atoms with Crippen LogP contribution in [0.5, 0.6) is 0 Å². The molecule has 1 N–H and O–H groups in total. The Kier molecular flexibility index (Phi) is 8.69. The fourth-order valence-electron chi connectivity index (χ4n) is 4.76. The van der Waals surface area contributed by atoms with Gasteiger partial charge >= 0.3 is 0 Å². The van der Waals surface area contributed by atoms with E-state index in [4.69, 9.17) is 0 Å². The van der Waals surface area contributed by atoms with Crippen LogP contribution in [-0.2, 0) is 21.9 Å². The summed E-state index contributed by atoms with van der Waals surface area (Å²) in [6.07, 6.45) is 8.93. The second-order valence-electron chi connectivity index (χ2n) is 9.60. The maximum absolute atomic E-state index is 12.7. The van der Waals surface area contributed by atoms with Crippen molar-refractivity contribution in [3.8, 4) is 0 Å². The van der Waals surface area contributed by atoms with Gasteiger partial charge in [-0.2, -0.15) is 4.68 Å². The Bertz CT molecular complexity index is 1090. The van der Waals surface area contributed by atoms with Crippen LogP contribution in [0, 0.1) is 0 Å². The van der Waals surface area contributed by atoms with Crippen LogP contribution < -0.4 is 4.68 Å². The van der Waals surface area contributed by atoms with E-state index in [9.17, 15) is 4.21 Å². The largest absolute Gasteiger partial charge is 0.289 e. The van der Waals surface area contributed by atoms with E-state index in [1.54, 1.807) is 12.7 Å². The number of benzene rings is 2. The molecule has 0 amide bonds. The molecule has 2 aromatic heterocycles. The summed E-state index contributed by atoms with van der Waals surface area (Å²) >= 11 is 0. The van der Waals surface area contributed by atoms with E-state index in [-0.39, 0.29) is 11.1 Å². The van der Waals surface area contributed by atoms with Gasteiger partial charge in [-0.15, -0.1) is 5.10 Å². The van der Waals surface area contributed by atoms with E-state index in [1.165, 1.54) is 11.1 Å². The molecule has 0 saturated carbocycles. The maximum Gasteiger partial charge on any atom is 0.289 e. The van der Waals surface area contributed by atoms with Crippen LogP contribution in [0.4, 0.5) is 0 Å². The van der Waals surface area contributed by atoms with Crippen LogP contribution in [0.25, 0.3) is 0 Å². The van der Waals surface area contributed by atoms with E-state index < -0.39 is 10.8 Å². The average Bonchev–Trinajstić information content (AvgIpc) is 3.65. The van der Waals surface area contributed by atoms with Crippen molar-refractivity contribution in [3.63, 3.8) is 0 Å². The second kappa shape index (κ2) is 12.1. The van der Waals surface area contributed by atoms with Gasteiger partial charge in [-0.05, 0) is 73.9 Å². The van der Waals surface area contributed by atoms with Gasteiger partial charge in [-0.25, -0.2) is 4.68 Å². The topological polar surface area (TPSA) is 106 Å². The summed E-state index contributed by atoms with van der Waals surface area (Å²) in [5.74, 6) is 1.44. The Labute approximate surface area is 214 Å². The third kappa shape index (κ3) is 6.10. The normalized spacial score (nSPS) is 15.7. The van der Waals surface area contributed by atoms with Gasteiger partial charge in [-0.3, -0.25) is 4.21 Å². The molecule has 36 heavy (non-hydrogen) atoms. The minimum atomic E-state index is -0.825. The van der Waals surface area contributed by atoms with Crippen molar-refractivity contribution in [2.24, 2.45) is 0 Å². The quantitative estimate of drug-likeness (QED) is 0.207. The van der Waals surface area contributed by atoms with Crippen LogP contribution in [-0.4, -0.2) is 51.4 Å². The van der Waals surface area contributed by atoms with Crippen LogP contribution in [0.1, 0.15) is 63.5 Å². The molecule has 0 spiro atoms. The predicted molar refractivity (Wildman–Crippen MR) is 138 cm³/mol. The number of aromatic amines is 1. The first-order valence-electron chi connectivity index (χ1n) is 12.5. The Morgan fingerprint density at radius 1 is 0.861 bits per heavy atom. The number of tetrazole rings is 2. The molecule has 0 saturated heterocycles. The lowest BCUT2D eigenvalue weighted by molar-refractivity contribution is -0.804. The molecular weight excluding hydrogens is 472 g/mol. The molecule has 10 heteroatoms. The van der Waals surface area contributed by atoms with Crippen molar-refractivity contribution >= 4 is 10.8 Å². The van der Waals surface area contributed by atoms with Crippen molar-refractivity contribution in [2.45, 2.75) is 63.5 Å². The van der Waals surface area contributed by atoms with E-state index in [0.717, 1.165) is 50.0 Å². The highest BCUT2D eigenvalue weighted by Gasteiger charge is 2.33. The number of rotatable bonds is 14. The number of H-pyrrole nitrogens is 1. The molecule has 9 nitrogen and oxygen atoms in total. The summed E-state index contributed by atoms with van der Waals surface area (Å²) in [6.45, 7) is 4.35. The Morgan fingerprint density at radius 3 is 2.08 bits per heavy atom. The zero-order chi connectivity index (χ0) is 25.3. The van der Waals surface area contributed by atoms with Gasteiger partial charge in [0.05, 0.1) is 5.54 Å². The van der Waals surface area contributed by atoms with E-state index in [1.807, 2.05) is 33.6 Å². The summed E-state index contributed by atoms with van der Waals surface area (Å²) in [4.78, 5) is 0. The highest BCUT2D eigenvalue weighted by molar-refractivity contribution is 7.84. The standard InChI is InChI=1S/C26H34N8OS/c1-25(33-21-27-29-31-33,23-13-5-3-6-14-23)17-9-11-19-36(35)20-12-10-18-26(2,34-22-28-30-32-34)24-15-7-4-8-16-24/h3-8,13-16,21-22H,9-12,17-20H2,1-2H3/p+1. The summed E-state index contributed by atoms with van der Waals surface area (Å²) in [5.41, 5.74) is 1.77. The molecule has 3 atom stereocenters. The maximum atomic E-state index is 12.7. The molecule has 2 heterocycles. The number of unbranched alkanes of at least 4 members (excludes halogenated alkanes) is 2. The lowest BCUT2D eigenvalue weighted by Crippen LogP contribution is -2.56. The number of nitrogens with one attached hydrogen (secondary N) is 1. The average molecular weight is 508 g/mol. The van der Waals surface area contributed by atoms with Crippen LogP contribution in [0.3, 0.4) is 0 Å². The first kappa shape index (κ1) is 25.8. The van der Waals surface area contributed by atoms with E-state index in [2.05, 4.69) is 81.3 Å². The third-order valence-electron chi connectivity index (χ3n) is 7.13. The second-order valence-corrected chi connectivity index (χ2v) is 11.3. The number of nitrogens with zero attached hydrogens (tertiary/aromatic N) is 7. The molecule has 0 aliphatic rings. The van der Waals surface area contributed by atoms with Crippen molar-refractivity contribution in [1.82, 2.24) is 35.7 Å². The zero-order valence-electron chi connectivity index (χ0n) is 21.0. The lowest BCUT2D eigenvalue weighted by atomic mass is 9.87. The summed E-state index contributed by atoms with van der Waals surface area (Å²) in [5, 5.41) is 22.7. The van der Waals surface area contributed by atoms with Gasteiger partial charge in [0, 0.05) is 22.3 Å². The van der Waals surface area contributed by atoms with Crippen LogP contribution >= 0.6 is 0 Å². The molecule has 4 rings (SSSR count). The predicted octanol–water partition coefficient (Wildman–Crippen LogP) is 3.40. The summed E-state index contributed by atoms with van der Waals surface area (Å²) in [7, 11) is -0.825. The number of hydrogen-bond acceptors (Lipinski definition) is 6. The van der Waals surface area contributed by atoms with E-state index in [0.29, 0.717) is 0 Å². The molecule has 0 fully saturated rings. The first-order chi connectivity index (χ1) is 17.5. The monoisotopic (exact) mass is 507 g/mol. The highest BCUT2D eigenvalue weighted by atomic mass is 32.2. The number of hydrogen-bond donors (Lipinski definition) is 1. The molecule has 0 aliphatic carbocycles.